The predicted octanol–water partition coefficient (Wildman–Crippen LogP) is 4.75. The lowest BCUT2D eigenvalue weighted by Crippen LogP contribution is -2.20. The summed E-state index contributed by atoms with van der Waals surface area (Å²) in [5.41, 5.74) is 1.77. The summed E-state index contributed by atoms with van der Waals surface area (Å²) in [4.78, 5) is 24.6. The molecule has 0 spiro atoms. The van der Waals surface area contributed by atoms with Crippen LogP contribution in [-0.2, 0) is 4.79 Å². The van der Waals surface area contributed by atoms with Crippen LogP contribution in [0.15, 0.2) is 78.9 Å². The Morgan fingerprint density at radius 2 is 1.47 bits per heavy atom. The first-order valence-corrected chi connectivity index (χ1v) is 9.76. The Morgan fingerprint density at radius 3 is 2.23 bits per heavy atom. The van der Waals surface area contributed by atoms with Crippen molar-refractivity contribution in [3.05, 3.63) is 84.4 Å². The number of para-hydroxylation sites is 1. The summed E-state index contributed by atoms with van der Waals surface area (Å²) < 4.78 is 11.1. The van der Waals surface area contributed by atoms with E-state index in [-0.39, 0.29) is 18.4 Å². The third-order valence-electron chi connectivity index (χ3n) is 4.09. The van der Waals surface area contributed by atoms with Gasteiger partial charge in [0, 0.05) is 23.0 Å². The first-order chi connectivity index (χ1) is 14.6. The maximum atomic E-state index is 12.5. The van der Waals surface area contributed by atoms with E-state index >= 15 is 0 Å². The van der Waals surface area contributed by atoms with Gasteiger partial charge in [0.05, 0.1) is 6.61 Å². The highest BCUT2D eigenvalue weighted by atomic mass is 16.5. The van der Waals surface area contributed by atoms with Crippen LogP contribution in [0.1, 0.15) is 23.7 Å². The number of carbonyl (C=O) groups excluding carboxylic acids is 2. The van der Waals surface area contributed by atoms with Gasteiger partial charge in [-0.3, -0.25) is 9.59 Å². The lowest BCUT2D eigenvalue weighted by Gasteiger charge is -2.10. The monoisotopic (exact) mass is 404 g/mol. The van der Waals surface area contributed by atoms with Crippen molar-refractivity contribution in [2.24, 2.45) is 0 Å². The minimum atomic E-state index is -0.264. The molecule has 0 saturated carbocycles. The molecule has 0 heterocycles. The van der Waals surface area contributed by atoms with Crippen LogP contribution in [0.4, 0.5) is 11.4 Å². The SMILES string of the molecule is CCCOc1cccc(C(=O)Nc2cccc(OCC(=O)Nc3ccccc3)c2)c1. The van der Waals surface area contributed by atoms with Gasteiger partial charge in [0.1, 0.15) is 11.5 Å². The lowest BCUT2D eigenvalue weighted by atomic mass is 10.2. The van der Waals surface area contributed by atoms with E-state index in [1.54, 1.807) is 54.6 Å². The highest BCUT2D eigenvalue weighted by molar-refractivity contribution is 6.04. The third-order valence-corrected chi connectivity index (χ3v) is 4.09. The number of hydrogen-bond acceptors (Lipinski definition) is 4. The molecule has 3 aromatic carbocycles. The van der Waals surface area contributed by atoms with E-state index in [0.29, 0.717) is 35.0 Å². The van der Waals surface area contributed by atoms with Gasteiger partial charge in [-0.05, 0) is 48.9 Å². The smallest absolute Gasteiger partial charge is 0.262 e. The van der Waals surface area contributed by atoms with Crippen molar-refractivity contribution in [2.75, 3.05) is 23.8 Å². The molecule has 2 amide bonds. The number of hydrogen-bond donors (Lipinski definition) is 2. The second kappa shape index (κ2) is 10.7. The first kappa shape index (κ1) is 20.9. The van der Waals surface area contributed by atoms with Crippen LogP contribution < -0.4 is 20.1 Å². The average Bonchev–Trinajstić information content (AvgIpc) is 2.77. The van der Waals surface area contributed by atoms with Crippen LogP contribution in [0, 0.1) is 0 Å². The molecule has 0 aromatic heterocycles. The normalized spacial score (nSPS) is 10.2. The summed E-state index contributed by atoms with van der Waals surface area (Å²) in [7, 11) is 0. The standard InChI is InChI=1S/C24H24N2O4/c1-2-14-29-21-12-6-8-18(15-21)24(28)26-20-11-7-13-22(16-20)30-17-23(27)25-19-9-4-3-5-10-19/h3-13,15-16H,2,14,17H2,1H3,(H,25,27)(H,26,28). The molecular weight excluding hydrogens is 380 g/mol. The molecule has 3 aromatic rings. The van der Waals surface area contributed by atoms with E-state index in [0.717, 1.165) is 6.42 Å². The predicted molar refractivity (Wildman–Crippen MR) is 117 cm³/mol. The highest BCUT2D eigenvalue weighted by Gasteiger charge is 2.09. The number of amides is 2. The van der Waals surface area contributed by atoms with Crippen molar-refractivity contribution < 1.29 is 19.1 Å². The number of benzene rings is 3. The molecule has 0 unspecified atom stereocenters. The van der Waals surface area contributed by atoms with Gasteiger partial charge in [0.25, 0.3) is 11.8 Å². The van der Waals surface area contributed by atoms with E-state index in [1.807, 2.05) is 31.2 Å². The fraction of sp³-hybridized carbons (Fsp3) is 0.167. The molecule has 154 valence electrons. The van der Waals surface area contributed by atoms with Crippen LogP contribution in [0.2, 0.25) is 0 Å². The van der Waals surface area contributed by atoms with Crippen LogP contribution in [0.5, 0.6) is 11.5 Å². The van der Waals surface area contributed by atoms with E-state index in [2.05, 4.69) is 10.6 Å². The molecule has 0 radical (unpaired) electrons. The van der Waals surface area contributed by atoms with Crippen molar-refractivity contribution in [2.45, 2.75) is 13.3 Å². The van der Waals surface area contributed by atoms with E-state index < -0.39 is 0 Å². The topological polar surface area (TPSA) is 76.7 Å². The molecule has 0 fully saturated rings. The van der Waals surface area contributed by atoms with Crippen molar-refractivity contribution in [1.82, 2.24) is 0 Å². The molecule has 0 saturated heterocycles. The fourth-order valence-electron chi connectivity index (χ4n) is 2.68. The van der Waals surface area contributed by atoms with E-state index in [4.69, 9.17) is 9.47 Å². The number of rotatable bonds is 9. The van der Waals surface area contributed by atoms with Crippen LogP contribution in [0.3, 0.4) is 0 Å². The van der Waals surface area contributed by atoms with Crippen molar-refractivity contribution in [1.29, 1.82) is 0 Å². The molecule has 6 heteroatoms. The Labute approximate surface area is 175 Å². The molecule has 2 N–H and O–H groups in total. The Hall–Kier alpha value is -3.80. The first-order valence-electron chi connectivity index (χ1n) is 9.76. The average molecular weight is 404 g/mol. The minimum Gasteiger partial charge on any atom is -0.494 e. The summed E-state index contributed by atoms with van der Waals surface area (Å²) in [5, 5.41) is 5.59. The third kappa shape index (κ3) is 6.38. The Morgan fingerprint density at radius 1 is 0.767 bits per heavy atom. The number of ether oxygens (including phenoxy) is 2. The molecule has 0 aliphatic carbocycles. The van der Waals surface area contributed by atoms with Crippen LogP contribution >= 0.6 is 0 Å². The Bertz CT molecular complexity index is 989. The zero-order valence-corrected chi connectivity index (χ0v) is 16.8. The zero-order chi connectivity index (χ0) is 21.2. The van der Waals surface area contributed by atoms with Crippen LogP contribution in [-0.4, -0.2) is 25.0 Å². The molecule has 0 aliphatic heterocycles. The van der Waals surface area contributed by atoms with Crippen molar-refractivity contribution in [3.8, 4) is 11.5 Å². The maximum absolute atomic E-state index is 12.5. The van der Waals surface area contributed by atoms with Gasteiger partial charge in [0.15, 0.2) is 6.61 Å². The molecule has 0 bridgehead atoms. The number of carbonyl (C=O) groups is 2. The summed E-state index contributed by atoms with van der Waals surface area (Å²) >= 11 is 0. The van der Waals surface area contributed by atoms with E-state index in [1.165, 1.54) is 0 Å². The molecule has 0 atom stereocenters. The van der Waals surface area contributed by atoms with Gasteiger partial charge < -0.3 is 20.1 Å². The Balaban J connectivity index is 1.56. The van der Waals surface area contributed by atoms with Crippen LogP contribution in [0.25, 0.3) is 0 Å². The number of anilines is 2. The fourth-order valence-corrected chi connectivity index (χ4v) is 2.68. The van der Waals surface area contributed by atoms with Gasteiger partial charge in [-0.15, -0.1) is 0 Å². The second-order valence-electron chi connectivity index (χ2n) is 6.56. The molecule has 6 nitrogen and oxygen atoms in total. The van der Waals surface area contributed by atoms with E-state index in [9.17, 15) is 9.59 Å². The zero-order valence-electron chi connectivity index (χ0n) is 16.8. The minimum absolute atomic E-state index is 0.136. The maximum Gasteiger partial charge on any atom is 0.262 e. The molecular formula is C24H24N2O4. The summed E-state index contributed by atoms with van der Waals surface area (Å²) in [6.07, 6.45) is 0.895. The quantitative estimate of drug-likeness (QED) is 0.540. The molecule has 0 aliphatic rings. The van der Waals surface area contributed by atoms with Gasteiger partial charge in [-0.25, -0.2) is 0 Å². The summed E-state index contributed by atoms with van der Waals surface area (Å²) in [6.45, 7) is 2.49. The number of nitrogens with one attached hydrogen (secondary N) is 2. The second-order valence-corrected chi connectivity index (χ2v) is 6.56. The van der Waals surface area contributed by atoms with Crippen molar-refractivity contribution in [3.63, 3.8) is 0 Å². The Kier molecular flexibility index (Phi) is 7.44. The highest BCUT2D eigenvalue weighted by Crippen LogP contribution is 2.20. The summed E-state index contributed by atoms with van der Waals surface area (Å²) in [6, 6.07) is 23.1. The largest absolute Gasteiger partial charge is 0.494 e. The van der Waals surface area contributed by atoms with Crippen molar-refractivity contribution >= 4 is 23.2 Å². The molecule has 30 heavy (non-hydrogen) atoms. The van der Waals surface area contributed by atoms with Gasteiger partial charge in [-0.2, -0.15) is 0 Å². The van der Waals surface area contributed by atoms with Gasteiger partial charge >= 0.3 is 0 Å². The van der Waals surface area contributed by atoms with Gasteiger partial charge in [0.2, 0.25) is 0 Å². The molecule has 3 rings (SSSR count). The lowest BCUT2D eigenvalue weighted by molar-refractivity contribution is -0.118. The van der Waals surface area contributed by atoms with Gasteiger partial charge in [-0.1, -0.05) is 37.3 Å². The summed E-state index contributed by atoms with van der Waals surface area (Å²) in [5.74, 6) is 0.623.